The van der Waals surface area contributed by atoms with Crippen molar-refractivity contribution in [1.82, 2.24) is 28.9 Å². The predicted molar refractivity (Wildman–Crippen MR) is 161 cm³/mol. The first-order valence-electron chi connectivity index (χ1n) is 14.6. The van der Waals surface area contributed by atoms with Crippen molar-refractivity contribution in [1.29, 1.82) is 0 Å². The highest BCUT2D eigenvalue weighted by Gasteiger charge is 2.69. The van der Waals surface area contributed by atoms with Crippen LogP contribution in [-0.4, -0.2) is 109 Å². The molecule has 3 N–H and O–H groups in total. The molecule has 6 heterocycles. The van der Waals surface area contributed by atoms with Gasteiger partial charge in [0.1, 0.15) is 24.3 Å². The maximum absolute atomic E-state index is 12.7. The standard InChI is InChI=1S/C15H22N3O5P.C13H17N3O5/c1-6-15-10(23-24(4)5)9(17(3)13(15)20)12(22-15)18-7-8(2)11(19)16-14(18)21;1-4-13-8(17)7(15(3)11(13)19)10(21-13)16-5-6(2)9(18)14-12(16)20/h7,9-10,12H,6H2,1-5H3,(H,16,19,21);5,7-8,10,17H,4H2,1-3H3,(H,14,18,20)/t9-,10?,12+,15+;7-,8?,10+,13+/m00/s1. The normalized spacial score (nSPS) is 33.4. The quantitative estimate of drug-likeness (QED) is 0.331. The first-order chi connectivity index (χ1) is 21.1. The number of rotatable bonds is 6. The zero-order valence-electron chi connectivity index (χ0n) is 26.4. The highest BCUT2D eigenvalue weighted by atomic mass is 31.1. The van der Waals surface area contributed by atoms with Gasteiger partial charge in [-0.25, -0.2) is 9.59 Å². The number of likely N-dealkylation sites (tertiary alicyclic amines) is 2. The Hall–Kier alpha value is -3.43. The molecule has 17 heteroatoms. The van der Waals surface area contributed by atoms with Crippen molar-refractivity contribution >= 4 is 20.0 Å². The number of fused-ring (bicyclic) bond motifs is 4. The van der Waals surface area contributed by atoms with Crippen LogP contribution in [0.2, 0.25) is 0 Å². The molecular formula is C28H39N6O10P. The molecule has 4 aliphatic heterocycles. The second kappa shape index (κ2) is 11.4. The van der Waals surface area contributed by atoms with Gasteiger partial charge in [-0.15, -0.1) is 0 Å². The van der Waals surface area contributed by atoms with E-state index in [1.807, 2.05) is 20.3 Å². The molecule has 0 spiro atoms. The molecule has 2 unspecified atom stereocenters. The van der Waals surface area contributed by atoms with Gasteiger partial charge in [0.2, 0.25) is 0 Å². The van der Waals surface area contributed by atoms with Gasteiger partial charge in [0, 0.05) is 45.8 Å². The van der Waals surface area contributed by atoms with E-state index in [0.29, 0.717) is 24.0 Å². The Morgan fingerprint density at radius 2 is 1.22 bits per heavy atom. The number of ether oxygens (including phenoxy) is 2. The van der Waals surface area contributed by atoms with E-state index in [1.165, 1.54) is 26.4 Å². The Labute approximate surface area is 258 Å². The van der Waals surface area contributed by atoms with Crippen molar-refractivity contribution in [2.24, 2.45) is 0 Å². The van der Waals surface area contributed by atoms with Crippen molar-refractivity contribution in [3.05, 3.63) is 65.2 Å². The van der Waals surface area contributed by atoms with Crippen molar-refractivity contribution in [3.8, 4) is 0 Å². The zero-order chi connectivity index (χ0) is 33.3. The van der Waals surface area contributed by atoms with Crippen molar-refractivity contribution in [3.63, 3.8) is 0 Å². The molecule has 4 bridgehead atoms. The van der Waals surface area contributed by atoms with Crippen LogP contribution in [0, 0.1) is 13.8 Å². The molecule has 4 saturated heterocycles. The number of amides is 2. The van der Waals surface area contributed by atoms with E-state index in [1.54, 1.807) is 39.8 Å². The van der Waals surface area contributed by atoms with Gasteiger partial charge < -0.3 is 28.9 Å². The van der Waals surface area contributed by atoms with Crippen LogP contribution in [0.4, 0.5) is 0 Å². The molecule has 0 aliphatic carbocycles. The van der Waals surface area contributed by atoms with E-state index < -0.39 is 78.6 Å². The van der Waals surface area contributed by atoms with Crippen molar-refractivity contribution in [2.75, 3.05) is 27.4 Å². The fraction of sp³-hybridized carbons (Fsp3) is 0.643. The number of aryl methyl sites for hydroxylation is 2. The van der Waals surface area contributed by atoms with Crippen LogP contribution in [-0.2, 0) is 23.6 Å². The molecule has 2 aromatic heterocycles. The first-order valence-corrected chi connectivity index (χ1v) is 16.8. The minimum atomic E-state index is -1.31. The SMILES string of the molecule is CC[C@@]12O[C@@H](n3cc(C)c(=O)[nH]c3=O)[C@H](C1O)N(C)C2=O.CC[C@@]12O[C@@H](n3cc(C)c(=O)[nH]c3=O)[C@H](C1OP(C)C)N(C)C2=O. The van der Waals surface area contributed by atoms with Crippen molar-refractivity contribution < 1.29 is 28.7 Å². The topological polar surface area (TPSA) is 198 Å². The lowest BCUT2D eigenvalue weighted by atomic mass is 9.96. The summed E-state index contributed by atoms with van der Waals surface area (Å²) in [6, 6.07) is -1.06. The maximum atomic E-state index is 12.7. The Kier molecular flexibility index (Phi) is 8.36. The monoisotopic (exact) mass is 650 g/mol. The summed E-state index contributed by atoms with van der Waals surface area (Å²) in [6.07, 6.45) is 0.679. The van der Waals surface area contributed by atoms with Gasteiger partial charge in [-0.3, -0.25) is 38.3 Å². The van der Waals surface area contributed by atoms with Crippen LogP contribution in [0.1, 0.15) is 50.3 Å². The highest BCUT2D eigenvalue weighted by molar-refractivity contribution is 7.50. The van der Waals surface area contributed by atoms with Crippen LogP contribution in [0.15, 0.2) is 31.6 Å². The second-order valence-electron chi connectivity index (χ2n) is 12.1. The molecule has 6 rings (SSSR count). The van der Waals surface area contributed by atoms with Crippen molar-refractivity contribution in [2.45, 2.75) is 88.5 Å². The summed E-state index contributed by atoms with van der Waals surface area (Å²) in [5.74, 6) is -0.407. The highest BCUT2D eigenvalue weighted by Crippen LogP contribution is 2.53. The smallest absolute Gasteiger partial charge is 0.330 e. The summed E-state index contributed by atoms with van der Waals surface area (Å²) in [4.78, 5) is 79.7. The number of likely N-dealkylation sites (N-methyl/N-ethyl adjacent to an activating group) is 2. The van der Waals surface area contributed by atoms with Gasteiger partial charge in [0.15, 0.2) is 23.7 Å². The molecule has 45 heavy (non-hydrogen) atoms. The number of nitrogens with one attached hydrogen (secondary N) is 2. The molecule has 8 atom stereocenters. The molecule has 4 fully saturated rings. The fourth-order valence-corrected chi connectivity index (χ4v) is 7.57. The number of morpholine rings is 2. The number of hydrogen-bond donors (Lipinski definition) is 3. The number of carbonyl (C=O) groups excluding carboxylic acids is 2. The number of aromatic amines is 2. The predicted octanol–water partition coefficient (Wildman–Crippen LogP) is -0.871. The Balaban J connectivity index is 0.000000179. The van der Waals surface area contributed by atoms with E-state index in [4.69, 9.17) is 14.0 Å². The largest absolute Gasteiger partial charge is 0.387 e. The number of H-pyrrole nitrogens is 2. The third kappa shape index (κ3) is 4.76. The minimum Gasteiger partial charge on any atom is -0.387 e. The molecule has 4 aliphatic rings. The third-order valence-electron chi connectivity index (χ3n) is 9.29. The summed E-state index contributed by atoms with van der Waals surface area (Å²) in [5, 5.41) is 10.4. The summed E-state index contributed by atoms with van der Waals surface area (Å²) in [7, 11) is 2.57. The Morgan fingerprint density at radius 3 is 1.67 bits per heavy atom. The van der Waals surface area contributed by atoms with E-state index in [9.17, 15) is 33.9 Å². The molecule has 0 radical (unpaired) electrons. The molecule has 246 valence electrons. The van der Waals surface area contributed by atoms with E-state index in [0.717, 1.165) is 0 Å². The molecule has 0 aromatic carbocycles. The number of aromatic nitrogens is 4. The van der Waals surface area contributed by atoms with E-state index in [2.05, 4.69) is 9.97 Å². The lowest BCUT2D eigenvalue weighted by Gasteiger charge is -2.34. The fourth-order valence-electron chi connectivity index (χ4n) is 6.83. The molecule has 16 nitrogen and oxygen atoms in total. The van der Waals surface area contributed by atoms with Gasteiger partial charge in [-0.2, -0.15) is 0 Å². The van der Waals surface area contributed by atoms with Gasteiger partial charge in [0.05, 0.1) is 0 Å². The summed E-state index contributed by atoms with van der Waals surface area (Å²) >= 11 is 0. The van der Waals surface area contributed by atoms with E-state index in [-0.39, 0.29) is 11.8 Å². The molecule has 0 saturated carbocycles. The summed E-state index contributed by atoms with van der Waals surface area (Å²) in [5.41, 5.74) is -3.69. The third-order valence-corrected chi connectivity index (χ3v) is 9.94. The number of aliphatic hydroxyl groups is 1. The number of nitrogens with zero attached hydrogens (tertiary/aromatic N) is 4. The van der Waals surface area contributed by atoms with Gasteiger partial charge >= 0.3 is 11.4 Å². The minimum absolute atomic E-state index is 0.123. The zero-order valence-corrected chi connectivity index (χ0v) is 27.3. The number of carbonyl (C=O) groups is 2. The van der Waals surface area contributed by atoms with E-state index >= 15 is 0 Å². The molecular weight excluding hydrogens is 611 g/mol. The average molecular weight is 651 g/mol. The summed E-state index contributed by atoms with van der Waals surface area (Å²) in [6.45, 7) is 10.8. The molecule has 2 aromatic rings. The van der Waals surface area contributed by atoms with Gasteiger partial charge in [-0.05, 0) is 40.0 Å². The van der Waals surface area contributed by atoms with Crippen LogP contribution in [0.25, 0.3) is 0 Å². The average Bonchev–Trinajstić information content (AvgIpc) is 3.58. The lowest BCUT2D eigenvalue weighted by Crippen LogP contribution is -2.50. The number of hydrogen-bond acceptors (Lipinski definition) is 10. The molecule has 2 amide bonds. The van der Waals surface area contributed by atoms with Gasteiger partial charge in [-0.1, -0.05) is 13.8 Å². The van der Waals surface area contributed by atoms with Crippen LogP contribution in [0.3, 0.4) is 0 Å². The van der Waals surface area contributed by atoms with Crippen LogP contribution < -0.4 is 22.5 Å². The summed E-state index contributed by atoms with van der Waals surface area (Å²) < 4.78 is 20.5. The first kappa shape index (κ1) is 32.9. The Morgan fingerprint density at radius 1 is 0.800 bits per heavy atom. The number of aliphatic hydroxyl groups excluding tert-OH is 1. The van der Waals surface area contributed by atoms with Gasteiger partial charge in [0.25, 0.3) is 22.9 Å². The Bertz CT molecular complexity index is 1770. The van der Waals surface area contributed by atoms with Crippen LogP contribution in [0.5, 0.6) is 0 Å². The second-order valence-corrected chi connectivity index (χ2v) is 13.9. The maximum Gasteiger partial charge on any atom is 0.330 e. The lowest BCUT2D eigenvalue weighted by molar-refractivity contribution is -0.176. The van der Waals surface area contributed by atoms with Crippen LogP contribution >= 0.6 is 8.15 Å².